The van der Waals surface area contributed by atoms with E-state index in [1.807, 2.05) is 32.9 Å². The number of aromatic nitrogens is 3. The van der Waals surface area contributed by atoms with E-state index < -0.39 is 66.7 Å². The van der Waals surface area contributed by atoms with E-state index in [0.717, 1.165) is 23.5 Å². The third-order valence-electron chi connectivity index (χ3n) is 6.33. The van der Waals surface area contributed by atoms with E-state index in [1.165, 1.54) is 6.20 Å². The Labute approximate surface area is 246 Å². The van der Waals surface area contributed by atoms with E-state index in [-0.39, 0.29) is 23.0 Å². The molecule has 3 aromatic rings. The van der Waals surface area contributed by atoms with Gasteiger partial charge in [0.15, 0.2) is 5.82 Å². The van der Waals surface area contributed by atoms with Crippen molar-refractivity contribution in [3.05, 3.63) is 57.5 Å². The van der Waals surface area contributed by atoms with E-state index in [4.69, 9.17) is 22.7 Å². The quantitative estimate of drug-likeness (QED) is 0.203. The molecule has 0 radical (unpaired) electrons. The standard InChI is InChI=1S/C28H35N7O6/c1-16(2)41-26(37)18-14-29-27(32-25(18)34-15-28(4,5)24-20(34)9-8-17(3)30-24)31-19-12-22(35(38)39)21(13-23(19)40-7)33(6)10-11-36/h8-9,12-14,16,36H,10-11,15H2,1-7H3,(H,29,31,32)/i6D3,7D3. The predicted molar refractivity (Wildman–Crippen MR) is 155 cm³/mol. The average molecular weight is 572 g/mol. The average Bonchev–Trinajstić information content (AvgIpc) is 3.20. The minimum absolute atomic E-state index is 0.0195. The van der Waals surface area contributed by atoms with Gasteiger partial charge in [-0.1, -0.05) is 13.8 Å². The monoisotopic (exact) mass is 571 g/mol. The summed E-state index contributed by atoms with van der Waals surface area (Å²) >= 11 is 0. The third-order valence-corrected chi connectivity index (χ3v) is 6.33. The van der Waals surface area contributed by atoms with Gasteiger partial charge in [-0.2, -0.15) is 4.98 Å². The first kappa shape index (κ1) is 22.2. The molecule has 13 heteroatoms. The van der Waals surface area contributed by atoms with E-state index in [9.17, 15) is 20.0 Å². The molecule has 0 aliphatic carbocycles. The highest BCUT2D eigenvalue weighted by molar-refractivity contribution is 5.96. The summed E-state index contributed by atoms with van der Waals surface area (Å²) in [6.45, 7) is 5.44. The number of benzene rings is 1. The number of ether oxygens (including phenoxy) is 2. The van der Waals surface area contributed by atoms with Crippen LogP contribution in [0.1, 0.15) is 57.7 Å². The van der Waals surface area contributed by atoms with E-state index in [2.05, 4.69) is 15.3 Å². The summed E-state index contributed by atoms with van der Waals surface area (Å²) in [5, 5.41) is 24.4. The van der Waals surface area contributed by atoms with Crippen molar-refractivity contribution in [3.63, 3.8) is 0 Å². The van der Waals surface area contributed by atoms with Crippen molar-refractivity contribution in [2.45, 2.75) is 46.1 Å². The molecule has 0 amide bonds. The molecule has 0 spiro atoms. The molecule has 0 unspecified atom stereocenters. The number of nitro benzene ring substituents is 1. The molecule has 1 aromatic carbocycles. The van der Waals surface area contributed by atoms with Gasteiger partial charge in [0.1, 0.15) is 17.0 Å². The third kappa shape index (κ3) is 5.99. The Hall–Kier alpha value is -4.52. The van der Waals surface area contributed by atoms with Gasteiger partial charge < -0.3 is 29.7 Å². The number of carbonyl (C=O) groups excluding carboxylic acids is 1. The lowest BCUT2D eigenvalue weighted by Crippen LogP contribution is -2.28. The lowest BCUT2D eigenvalue weighted by Gasteiger charge is -2.24. The number of likely N-dealkylation sites (N-methyl/N-ethyl adjacent to an activating group) is 1. The van der Waals surface area contributed by atoms with Gasteiger partial charge in [0, 0.05) is 53.6 Å². The Kier molecular flexibility index (Phi) is 6.24. The van der Waals surface area contributed by atoms with Crippen LogP contribution in [0.3, 0.4) is 0 Å². The molecule has 1 aliphatic rings. The van der Waals surface area contributed by atoms with E-state index in [0.29, 0.717) is 17.1 Å². The van der Waals surface area contributed by atoms with Crippen LogP contribution in [-0.4, -0.2) is 70.8 Å². The van der Waals surface area contributed by atoms with Crippen LogP contribution < -0.4 is 19.9 Å². The second kappa shape index (κ2) is 11.5. The molecule has 41 heavy (non-hydrogen) atoms. The van der Waals surface area contributed by atoms with E-state index in [1.54, 1.807) is 18.7 Å². The zero-order chi connectivity index (χ0) is 35.1. The molecule has 0 atom stereocenters. The highest BCUT2D eigenvalue weighted by Gasteiger charge is 2.39. The van der Waals surface area contributed by atoms with Gasteiger partial charge in [-0.3, -0.25) is 15.1 Å². The maximum atomic E-state index is 13.2. The zero-order valence-electron chi connectivity index (χ0n) is 29.3. The van der Waals surface area contributed by atoms with Crippen molar-refractivity contribution in [2.24, 2.45) is 0 Å². The van der Waals surface area contributed by atoms with Crippen LogP contribution in [0.25, 0.3) is 0 Å². The Morgan fingerprint density at radius 1 is 1.34 bits per heavy atom. The number of nitrogens with zero attached hydrogens (tertiary/aromatic N) is 6. The van der Waals surface area contributed by atoms with Crippen LogP contribution in [0.2, 0.25) is 0 Å². The molecule has 0 saturated carbocycles. The van der Waals surface area contributed by atoms with Crippen LogP contribution in [0.5, 0.6) is 5.75 Å². The van der Waals surface area contributed by atoms with E-state index >= 15 is 0 Å². The summed E-state index contributed by atoms with van der Waals surface area (Å²) in [5.74, 6) is -1.26. The Bertz CT molecular complexity index is 1680. The number of rotatable bonds is 10. The second-order valence-corrected chi connectivity index (χ2v) is 10.4. The number of fused-ring (bicyclic) bond motifs is 1. The largest absolute Gasteiger partial charge is 0.494 e. The lowest BCUT2D eigenvalue weighted by molar-refractivity contribution is -0.384. The summed E-state index contributed by atoms with van der Waals surface area (Å²) < 4.78 is 57.1. The van der Waals surface area contributed by atoms with Gasteiger partial charge in [-0.25, -0.2) is 9.78 Å². The van der Waals surface area contributed by atoms with Crippen molar-refractivity contribution < 1.29 is 32.5 Å². The summed E-state index contributed by atoms with van der Waals surface area (Å²) in [5.41, 5.74) is 0.287. The fourth-order valence-electron chi connectivity index (χ4n) is 4.51. The summed E-state index contributed by atoms with van der Waals surface area (Å²) in [6, 6.07) is 5.44. The number of aliphatic hydroxyl groups is 1. The van der Waals surface area contributed by atoms with Gasteiger partial charge in [-0.15, -0.1) is 0 Å². The second-order valence-electron chi connectivity index (χ2n) is 10.4. The highest BCUT2D eigenvalue weighted by atomic mass is 16.6. The molecule has 3 heterocycles. The number of aliphatic hydroxyl groups excluding tert-OH is 1. The van der Waals surface area contributed by atoms with Crippen molar-refractivity contribution in [1.82, 2.24) is 15.0 Å². The number of pyridine rings is 1. The minimum Gasteiger partial charge on any atom is -0.494 e. The molecule has 2 aromatic heterocycles. The molecule has 1 aliphatic heterocycles. The summed E-state index contributed by atoms with van der Waals surface area (Å²) in [4.78, 5) is 40.4. The molecular formula is C28H35N7O6. The molecule has 0 bridgehead atoms. The molecule has 4 rings (SSSR count). The topological polar surface area (TPSA) is 156 Å². The van der Waals surface area contributed by atoms with Gasteiger partial charge in [0.2, 0.25) is 5.95 Å². The number of hydrogen-bond acceptors (Lipinski definition) is 12. The number of carbonyl (C=O) groups is 1. The van der Waals surface area contributed by atoms with Crippen LogP contribution in [0.4, 0.5) is 34.5 Å². The van der Waals surface area contributed by atoms with Gasteiger partial charge in [0.25, 0.3) is 5.69 Å². The van der Waals surface area contributed by atoms with Crippen LogP contribution in [-0.2, 0) is 10.2 Å². The number of nitrogens with one attached hydrogen (secondary N) is 1. The van der Waals surface area contributed by atoms with Crippen molar-refractivity contribution in [2.75, 3.05) is 48.8 Å². The van der Waals surface area contributed by atoms with Crippen LogP contribution in [0.15, 0.2) is 30.5 Å². The van der Waals surface area contributed by atoms with Crippen LogP contribution >= 0.6 is 0 Å². The highest BCUT2D eigenvalue weighted by Crippen LogP contribution is 2.44. The van der Waals surface area contributed by atoms with Crippen molar-refractivity contribution in [1.29, 1.82) is 0 Å². The molecule has 13 nitrogen and oxygen atoms in total. The lowest BCUT2D eigenvalue weighted by atomic mass is 9.91. The number of aryl methyl sites for hydroxylation is 1. The first-order valence-corrected chi connectivity index (χ1v) is 12.7. The van der Waals surface area contributed by atoms with Crippen LogP contribution in [0, 0.1) is 17.0 Å². The number of hydrogen-bond donors (Lipinski definition) is 2. The Balaban J connectivity index is 1.90. The smallest absolute Gasteiger partial charge is 0.343 e. The number of methoxy groups -OCH3 is 1. The first-order chi connectivity index (χ1) is 21.7. The molecular weight excluding hydrogens is 530 g/mol. The van der Waals surface area contributed by atoms with Gasteiger partial charge in [0.05, 0.1) is 45.9 Å². The SMILES string of the molecule is [2H]C([2H])([2H])Oc1cc(N(CCO)C([2H])([2H])[2H])c([N+](=O)[O-])cc1Nc1ncc(C(=O)OC(C)C)c(N2CC(C)(C)c3nc(C)ccc32)n1. The zero-order valence-corrected chi connectivity index (χ0v) is 23.3. The molecule has 0 fully saturated rings. The molecule has 218 valence electrons. The maximum absolute atomic E-state index is 13.2. The van der Waals surface area contributed by atoms with Crippen molar-refractivity contribution in [3.8, 4) is 5.75 Å². The Morgan fingerprint density at radius 2 is 2.12 bits per heavy atom. The number of anilines is 5. The minimum atomic E-state index is -3.06. The predicted octanol–water partition coefficient (Wildman–Crippen LogP) is 4.26. The molecule has 2 N–H and O–H groups in total. The summed E-state index contributed by atoms with van der Waals surface area (Å²) in [6.07, 6.45) is 0.755. The normalized spacial score (nSPS) is 16.4. The number of esters is 1. The van der Waals surface area contributed by atoms with Gasteiger partial charge in [-0.05, 0) is 32.9 Å². The van der Waals surface area contributed by atoms with Gasteiger partial charge >= 0.3 is 5.97 Å². The maximum Gasteiger partial charge on any atom is 0.343 e. The number of nitro groups is 1. The Morgan fingerprint density at radius 3 is 2.78 bits per heavy atom. The first-order valence-electron chi connectivity index (χ1n) is 15.7. The summed E-state index contributed by atoms with van der Waals surface area (Å²) in [7, 11) is -3.06. The van der Waals surface area contributed by atoms with Crippen molar-refractivity contribution >= 4 is 40.5 Å². The molecule has 0 saturated heterocycles. The fourth-order valence-corrected chi connectivity index (χ4v) is 4.51. The fraction of sp³-hybridized carbons (Fsp3) is 0.429.